The van der Waals surface area contributed by atoms with E-state index in [-0.39, 0.29) is 18.0 Å². The molecule has 0 saturated heterocycles. The Morgan fingerprint density at radius 2 is 1.75 bits per heavy atom. The summed E-state index contributed by atoms with van der Waals surface area (Å²) in [4.78, 5) is 11.7. The molecule has 0 aliphatic heterocycles. The van der Waals surface area contributed by atoms with Gasteiger partial charge in [0, 0.05) is 23.2 Å². The molecule has 0 unspecified atom stereocenters. The van der Waals surface area contributed by atoms with Gasteiger partial charge in [-0.15, -0.1) is 0 Å². The molecule has 0 fully saturated rings. The Labute approximate surface area is 120 Å². The molecule has 20 heavy (non-hydrogen) atoms. The second kappa shape index (κ2) is 6.48. The number of carbonyl (C=O) groups excluding carboxylic acids is 1. The van der Waals surface area contributed by atoms with Crippen molar-refractivity contribution >= 4 is 23.2 Å². The molecule has 0 radical (unpaired) electrons. The molecule has 104 valence electrons. The molecule has 2 rings (SSSR count). The van der Waals surface area contributed by atoms with E-state index in [9.17, 15) is 13.6 Å². The van der Waals surface area contributed by atoms with Crippen molar-refractivity contribution in [3.8, 4) is 0 Å². The van der Waals surface area contributed by atoms with Crippen LogP contribution in [0.1, 0.15) is 12.0 Å². The first-order valence-electron chi connectivity index (χ1n) is 6.04. The second-order valence-electron chi connectivity index (χ2n) is 4.30. The maximum absolute atomic E-state index is 13.0. The number of nitrogens with one attached hydrogen (secondary N) is 1. The van der Waals surface area contributed by atoms with Crippen LogP contribution in [0.4, 0.5) is 14.5 Å². The summed E-state index contributed by atoms with van der Waals surface area (Å²) in [5.41, 5.74) is 1.22. The van der Waals surface area contributed by atoms with Crippen molar-refractivity contribution in [2.24, 2.45) is 0 Å². The molecule has 0 aromatic heterocycles. The van der Waals surface area contributed by atoms with E-state index in [1.165, 1.54) is 6.07 Å². The van der Waals surface area contributed by atoms with Gasteiger partial charge in [-0.25, -0.2) is 8.78 Å². The summed E-state index contributed by atoms with van der Waals surface area (Å²) in [7, 11) is 0. The van der Waals surface area contributed by atoms with Crippen molar-refractivity contribution in [3.05, 3.63) is 64.7 Å². The highest BCUT2D eigenvalue weighted by Gasteiger charge is 2.06. The highest BCUT2D eigenvalue weighted by atomic mass is 35.5. The van der Waals surface area contributed by atoms with Gasteiger partial charge in [0.15, 0.2) is 11.6 Å². The maximum Gasteiger partial charge on any atom is 0.224 e. The summed E-state index contributed by atoms with van der Waals surface area (Å²) in [6, 6.07) is 10.4. The smallest absolute Gasteiger partial charge is 0.224 e. The topological polar surface area (TPSA) is 29.1 Å². The number of halogens is 3. The zero-order valence-electron chi connectivity index (χ0n) is 10.5. The van der Waals surface area contributed by atoms with Gasteiger partial charge in [0.1, 0.15) is 0 Å². The molecular formula is C15H12ClF2NO. The predicted octanol–water partition coefficient (Wildman–Crippen LogP) is 4.19. The van der Waals surface area contributed by atoms with E-state index in [1.54, 1.807) is 12.1 Å². The lowest BCUT2D eigenvalue weighted by Crippen LogP contribution is -2.12. The van der Waals surface area contributed by atoms with Gasteiger partial charge in [0.05, 0.1) is 0 Å². The van der Waals surface area contributed by atoms with Crippen LogP contribution in [0.2, 0.25) is 5.02 Å². The second-order valence-corrected chi connectivity index (χ2v) is 4.74. The number of anilines is 1. The van der Waals surface area contributed by atoms with Gasteiger partial charge in [-0.1, -0.05) is 23.7 Å². The summed E-state index contributed by atoms with van der Waals surface area (Å²) >= 11 is 5.76. The summed E-state index contributed by atoms with van der Waals surface area (Å²) in [5.74, 6) is -2.18. The standard InChI is InChI=1S/C15H12ClF2NO/c16-11-4-1-10(2-5-11)3-8-15(20)19-12-6-7-13(17)14(18)9-12/h1-2,4-7,9H,3,8H2,(H,19,20). The predicted molar refractivity (Wildman–Crippen MR) is 74.8 cm³/mol. The molecule has 2 aromatic carbocycles. The largest absolute Gasteiger partial charge is 0.326 e. The summed E-state index contributed by atoms with van der Waals surface area (Å²) < 4.78 is 25.7. The Kier molecular flexibility index (Phi) is 4.69. The van der Waals surface area contributed by atoms with E-state index in [1.807, 2.05) is 12.1 Å². The molecule has 1 amide bonds. The van der Waals surface area contributed by atoms with Gasteiger partial charge >= 0.3 is 0 Å². The van der Waals surface area contributed by atoms with Crippen LogP contribution in [-0.2, 0) is 11.2 Å². The summed E-state index contributed by atoms with van der Waals surface area (Å²) in [6.45, 7) is 0. The minimum atomic E-state index is -0.986. The normalized spacial score (nSPS) is 10.3. The first-order valence-corrected chi connectivity index (χ1v) is 6.42. The fourth-order valence-electron chi connectivity index (χ4n) is 1.71. The van der Waals surface area contributed by atoms with Gasteiger partial charge in [-0.3, -0.25) is 4.79 Å². The van der Waals surface area contributed by atoms with E-state index < -0.39 is 11.6 Å². The molecule has 0 spiro atoms. The Hall–Kier alpha value is -1.94. The SMILES string of the molecule is O=C(CCc1ccc(Cl)cc1)Nc1ccc(F)c(F)c1. The van der Waals surface area contributed by atoms with Crippen LogP contribution in [0.15, 0.2) is 42.5 Å². The third-order valence-corrected chi connectivity index (χ3v) is 3.01. The van der Waals surface area contributed by atoms with Gasteiger partial charge < -0.3 is 5.32 Å². The van der Waals surface area contributed by atoms with Crippen molar-refractivity contribution in [1.29, 1.82) is 0 Å². The van der Waals surface area contributed by atoms with Crippen molar-refractivity contribution in [3.63, 3.8) is 0 Å². The van der Waals surface area contributed by atoms with Gasteiger partial charge in [0.25, 0.3) is 0 Å². The van der Waals surface area contributed by atoms with Crippen molar-refractivity contribution < 1.29 is 13.6 Å². The molecule has 0 heterocycles. The molecule has 0 atom stereocenters. The number of hydrogen-bond acceptors (Lipinski definition) is 1. The Morgan fingerprint density at radius 1 is 1.05 bits per heavy atom. The number of rotatable bonds is 4. The van der Waals surface area contributed by atoms with Gasteiger partial charge in [0.2, 0.25) is 5.91 Å². The zero-order valence-corrected chi connectivity index (χ0v) is 11.3. The number of carbonyl (C=O) groups is 1. The third kappa shape index (κ3) is 4.03. The molecule has 0 bridgehead atoms. The van der Waals surface area contributed by atoms with Crippen LogP contribution in [0.3, 0.4) is 0 Å². The average molecular weight is 296 g/mol. The van der Waals surface area contributed by atoms with Crippen LogP contribution < -0.4 is 5.32 Å². The van der Waals surface area contributed by atoms with Crippen LogP contribution in [0.5, 0.6) is 0 Å². The molecule has 0 aliphatic rings. The van der Waals surface area contributed by atoms with E-state index in [0.29, 0.717) is 11.4 Å². The van der Waals surface area contributed by atoms with Crippen molar-refractivity contribution in [2.75, 3.05) is 5.32 Å². The molecule has 2 aromatic rings. The Morgan fingerprint density at radius 3 is 2.40 bits per heavy atom. The lowest BCUT2D eigenvalue weighted by atomic mass is 10.1. The monoisotopic (exact) mass is 295 g/mol. The molecule has 5 heteroatoms. The first-order chi connectivity index (χ1) is 9.54. The van der Waals surface area contributed by atoms with Crippen LogP contribution in [0.25, 0.3) is 0 Å². The van der Waals surface area contributed by atoms with Gasteiger partial charge in [-0.05, 0) is 36.2 Å². The quantitative estimate of drug-likeness (QED) is 0.900. The first kappa shape index (κ1) is 14.5. The van der Waals surface area contributed by atoms with E-state index in [0.717, 1.165) is 17.7 Å². The van der Waals surface area contributed by atoms with E-state index in [4.69, 9.17) is 11.6 Å². The summed E-state index contributed by atoms with van der Waals surface area (Å²) in [5, 5.41) is 3.16. The van der Waals surface area contributed by atoms with Crippen molar-refractivity contribution in [2.45, 2.75) is 12.8 Å². The average Bonchev–Trinajstić information content (AvgIpc) is 2.42. The number of benzene rings is 2. The molecule has 2 nitrogen and oxygen atoms in total. The Bertz CT molecular complexity index is 614. The van der Waals surface area contributed by atoms with Gasteiger partial charge in [-0.2, -0.15) is 0 Å². The van der Waals surface area contributed by atoms with Crippen LogP contribution in [0, 0.1) is 11.6 Å². The van der Waals surface area contributed by atoms with E-state index in [2.05, 4.69) is 5.32 Å². The fraction of sp³-hybridized carbons (Fsp3) is 0.133. The van der Waals surface area contributed by atoms with Crippen molar-refractivity contribution in [1.82, 2.24) is 0 Å². The number of aryl methyl sites for hydroxylation is 1. The highest BCUT2D eigenvalue weighted by Crippen LogP contribution is 2.14. The van der Waals surface area contributed by atoms with Crippen LogP contribution >= 0.6 is 11.6 Å². The molecular weight excluding hydrogens is 284 g/mol. The van der Waals surface area contributed by atoms with E-state index >= 15 is 0 Å². The third-order valence-electron chi connectivity index (χ3n) is 2.76. The zero-order chi connectivity index (χ0) is 14.5. The lowest BCUT2D eigenvalue weighted by Gasteiger charge is -2.06. The molecule has 0 aliphatic carbocycles. The minimum Gasteiger partial charge on any atom is -0.326 e. The maximum atomic E-state index is 13.0. The molecule has 0 saturated carbocycles. The summed E-state index contributed by atoms with van der Waals surface area (Å²) in [6.07, 6.45) is 0.799. The highest BCUT2D eigenvalue weighted by molar-refractivity contribution is 6.30. The molecule has 1 N–H and O–H groups in total. The van der Waals surface area contributed by atoms with Crippen LogP contribution in [-0.4, -0.2) is 5.91 Å². The minimum absolute atomic E-state index is 0.241. The lowest BCUT2D eigenvalue weighted by molar-refractivity contribution is -0.116. The number of hydrogen-bond donors (Lipinski definition) is 1. The Balaban J connectivity index is 1.89. The number of amides is 1. The fourth-order valence-corrected chi connectivity index (χ4v) is 1.83.